The third-order valence-electron chi connectivity index (χ3n) is 6.11. The number of nitrogens with two attached hydrogens (primary N) is 1. The van der Waals surface area contributed by atoms with Crippen LogP contribution in [0.2, 0.25) is 0 Å². The van der Waals surface area contributed by atoms with Gasteiger partial charge in [-0.1, -0.05) is 13.0 Å². The number of carbonyl (C=O) groups is 1. The molecule has 0 radical (unpaired) electrons. The van der Waals surface area contributed by atoms with Crippen molar-refractivity contribution in [1.82, 2.24) is 34.7 Å². The number of hydrogen-bond donors (Lipinski definition) is 2. The van der Waals surface area contributed by atoms with Crippen molar-refractivity contribution in [3.63, 3.8) is 0 Å². The van der Waals surface area contributed by atoms with Crippen molar-refractivity contribution >= 4 is 17.5 Å². The number of nitrogens with zero attached hydrogens (tertiary/aromatic N) is 6. The number of rotatable bonds is 5. The van der Waals surface area contributed by atoms with Crippen LogP contribution in [0.25, 0.3) is 16.8 Å². The number of pyridine rings is 2. The molecule has 5 rings (SSSR count). The molecule has 4 aromatic heterocycles. The summed E-state index contributed by atoms with van der Waals surface area (Å²) in [5.74, 6) is -0.0856. The van der Waals surface area contributed by atoms with E-state index in [0.29, 0.717) is 11.3 Å². The summed E-state index contributed by atoms with van der Waals surface area (Å²) in [7, 11) is 0. The van der Waals surface area contributed by atoms with Crippen LogP contribution in [0.15, 0.2) is 42.9 Å². The molecule has 1 aliphatic carbocycles. The number of nitrogens with one attached hydrogen (secondary N) is 1. The second-order valence-electron chi connectivity index (χ2n) is 8.31. The first-order chi connectivity index (χ1) is 15.5. The molecule has 0 spiro atoms. The van der Waals surface area contributed by atoms with Crippen LogP contribution in [0.3, 0.4) is 0 Å². The van der Waals surface area contributed by atoms with Crippen molar-refractivity contribution in [3.8, 4) is 11.1 Å². The molecule has 4 aromatic rings. The fourth-order valence-electron chi connectivity index (χ4n) is 4.24. The molecule has 0 saturated heterocycles. The second kappa shape index (κ2) is 8.07. The Bertz CT molecular complexity index is 1290. The number of aryl methyl sites for hydroxylation is 1. The average Bonchev–Trinajstić information content (AvgIpc) is 3.44. The molecule has 0 fully saturated rings. The third kappa shape index (κ3) is 3.59. The topological polar surface area (TPSA) is 116 Å². The summed E-state index contributed by atoms with van der Waals surface area (Å²) in [6.07, 6.45) is 9.62. The number of nitrogen functional groups attached to an aromatic ring is 1. The zero-order chi connectivity index (χ0) is 22.2. The molecule has 4 heterocycles. The van der Waals surface area contributed by atoms with Crippen molar-refractivity contribution < 1.29 is 4.79 Å². The van der Waals surface area contributed by atoms with Gasteiger partial charge in [-0.3, -0.25) is 14.5 Å². The Morgan fingerprint density at radius 3 is 3.06 bits per heavy atom. The molecule has 1 amide bonds. The van der Waals surface area contributed by atoms with Crippen LogP contribution >= 0.6 is 0 Å². The Morgan fingerprint density at radius 2 is 2.22 bits per heavy atom. The Kier molecular flexibility index (Phi) is 5.08. The van der Waals surface area contributed by atoms with Crippen LogP contribution < -0.4 is 11.1 Å². The summed E-state index contributed by atoms with van der Waals surface area (Å²) in [6, 6.07) is 8.01. The molecule has 9 heteroatoms. The maximum absolute atomic E-state index is 12.9. The molecular formula is C23H26N8O. The molecule has 0 bridgehead atoms. The Hall–Kier alpha value is -3.75. The first-order valence-corrected chi connectivity index (χ1v) is 11.0. The number of amides is 1. The maximum Gasteiger partial charge on any atom is 0.270 e. The van der Waals surface area contributed by atoms with E-state index in [4.69, 9.17) is 5.73 Å². The smallest absolute Gasteiger partial charge is 0.270 e. The van der Waals surface area contributed by atoms with E-state index < -0.39 is 0 Å². The van der Waals surface area contributed by atoms with Crippen molar-refractivity contribution in [2.45, 2.75) is 51.6 Å². The number of carbonyl (C=O) groups excluding carboxylic acids is 1. The quantitative estimate of drug-likeness (QED) is 0.503. The van der Waals surface area contributed by atoms with E-state index in [1.54, 1.807) is 0 Å². The van der Waals surface area contributed by atoms with Crippen molar-refractivity contribution in [2.24, 2.45) is 0 Å². The van der Waals surface area contributed by atoms with Crippen LogP contribution in [0.5, 0.6) is 0 Å². The van der Waals surface area contributed by atoms with Gasteiger partial charge in [-0.15, -0.1) is 5.10 Å². The van der Waals surface area contributed by atoms with Gasteiger partial charge in [0.1, 0.15) is 5.69 Å². The lowest BCUT2D eigenvalue weighted by atomic mass is 9.91. The molecule has 2 atom stereocenters. The first kappa shape index (κ1) is 20.2. The van der Waals surface area contributed by atoms with Crippen LogP contribution in [0, 0.1) is 0 Å². The minimum absolute atomic E-state index is 0.0461. The van der Waals surface area contributed by atoms with E-state index in [9.17, 15) is 4.79 Å². The average molecular weight is 431 g/mol. The minimum atomic E-state index is -0.212. The van der Waals surface area contributed by atoms with Crippen LogP contribution in [-0.2, 0) is 6.42 Å². The Morgan fingerprint density at radius 1 is 1.34 bits per heavy atom. The van der Waals surface area contributed by atoms with E-state index in [-0.39, 0.29) is 23.9 Å². The van der Waals surface area contributed by atoms with E-state index in [1.807, 2.05) is 55.3 Å². The lowest BCUT2D eigenvalue weighted by Gasteiger charge is -2.24. The molecule has 164 valence electrons. The molecule has 1 aliphatic rings. The molecule has 1 unspecified atom stereocenters. The molecule has 9 nitrogen and oxygen atoms in total. The maximum atomic E-state index is 12.9. The Labute approximate surface area is 185 Å². The van der Waals surface area contributed by atoms with Gasteiger partial charge >= 0.3 is 0 Å². The van der Waals surface area contributed by atoms with Gasteiger partial charge < -0.3 is 11.1 Å². The highest BCUT2D eigenvalue weighted by Crippen LogP contribution is 2.32. The summed E-state index contributed by atoms with van der Waals surface area (Å²) in [6.45, 7) is 3.99. The zero-order valence-electron chi connectivity index (χ0n) is 18.2. The van der Waals surface area contributed by atoms with Crippen LogP contribution in [0.1, 0.15) is 60.9 Å². The third-order valence-corrected chi connectivity index (χ3v) is 6.11. The van der Waals surface area contributed by atoms with Gasteiger partial charge in [0.05, 0.1) is 12.2 Å². The molecule has 0 aromatic carbocycles. The number of anilines is 1. The lowest BCUT2D eigenvalue weighted by molar-refractivity contribution is 0.0932. The normalized spacial score (nSPS) is 16.6. The Balaban J connectivity index is 1.54. The second-order valence-corrected chi connectivity index (χ2v) is 8.31. The summed E-state index contributed by atoms with van der Waals surface area (Å²) >= 11 is 0. The van der Waals surface area contributed by atoms with Crippen LogP contribution in [0.4, 0.5) is 5.95 Å². The standard InChI is InChI=1S/C23H26N8O/c1-3-14(2)27-22(32)20-10-15(11-21-28-23(24)29-31(20)21)16-12-26-30(13-16)19-8-4-7-18-17(19)6-5-9-25-18/h5-6,9-14,19H,3-4,7-8H2,1-2H3,(H2,24,29)(H,27,32)/t14-,19?/m0/s1. The van der Waals surface area contributed by atoms with E-state index in [2.05, 4.69) is 31.5 Å². The van der Waals surface area contributed by atoms with Gasteiger partial charge in [-0.2, -0.15) is 10.1 Å². The molecule has 0 saturated carbocycles. The molecule has 32 heavy (non-hydrogen) atoms. The largest absolute Gasteiger partial charge is 0.366 e. The van der Waals surface area contributed by atoms with Gasteiger partial charge in [0.2, 0.25) is 5.95 Å². The molecular weight excluding hydrogens is 404 g/mol. The minimum Gasteiger partial charge on any atom is -0.366 e. The predicted molar refractivity (Wildman–Crippen MR) is 121 cm³/mol. The predicted octanol–water partition coefficient (Wildman–Crippen LogP) is 3.02. The van der Waals surface area contributed by atoms with Gasteiger partial charge in [-0.25, -0.2) is 4.52 Å². The first-order valence-electron chi connectivity index (χ1n) is 11.0. The number of fused-ring (bicyclic) bond motifs is 2. The molecule has 0 aliphatic heterocycles. The van der Waals surface area contributed by atoms with Crippen molar-refractivity contribution in [2.75, 3.05) is 5.73 Å². The van der Waals surface area contributed by atoms with Gasteiger partial charge in [0.25, 0.3) is 5.91 Å². The summed E-state index contributed by atoms with van der Waals surface area (Å²) in [5, 5.41) is 11.9. The highest BCUT2D eigenvalue weighted by molar-refractivity contribution is 5.95. The lowest BCUT2D eigenvalue weighted by Crippen LogP contribution is -2.33. The molecule has 3 N–H and O–H groups in total. The van der Waals surface area contributed by atoms with Gasteiger partial charge in [0.15, 0.2) is 5.65 Å². The highest BCUT2D eigenvalue weighted by Gasteiger charge is 2.24. The fraction of sp³-hybridized carbons (Fsp3) is 0.348. The highest BCUT2D eigenvalue weighted by atomic mass is 16.2. The summed E-state index contributed by atoms with van der Waals surface area (Å²) < 4.78 is 3.49. The number of aromatic nitrogens is 6. The summed E-state index contributed by atoms with van der Waals surface area (Å²) in [4.78, 5) is 21.8. The van der Waals surface area contributed by atoms with E-state index in [0.717, 1.165) is 42.5 Å². The fourth-order valence-corrected chi connectivity index (χ4v) is 4.24. The number of hydrogen-bond acceptors (Lipinski definition) is 6. The van der Waals surface area contributed by atoms with E-state index in [1.165, 1.54) is 10.1 Å². The van der Waals surface area contributed by atoms with Crippen molar-refractivity contribution in [3.05, 3.63) is 59.8 Å². The SMILES string of the molecule is CC[C@H](C)NC(=O)c1cc(-c2cnn(C3CCCc4ncccc43)c2)cc2nc(N)nn12. The monoisotopic (exact) mass is 430 g/mol. The van der Waals surface area contributed by atoms with Gasteiger partial charge in [0, 0.05) is 29.7 Å². The van der Waals surface area contributed by atoms with Crippen LogP contribution in [-0.4, -0.2) is 41.3 Å². The zero-order valence-corrected chi connectivity index (χ0v) is 18.2. The van der Waals surface area contributed by atoms with E-state index >= 15 is 0 Å². The van der Waals surface area contributed by atoms with Gasteiger partial charge in [-0.05, 0) is 61.9 Å². The van der Waals surface area contributed by atoms with Crippen molar-refractivity contribution in [1.29, 1.82) is 0 Å². The summed E-state index contributed by atoms with van der Waals surface area (Å²) in [5.41, 5.74) is 10.9.